The molecule has 0 aliphatic carbocycles. The van der Waals surface area contributed by atoms with Gasteiger partial charge >= 0.3 is 0 Å². The van der Waals surface area contributed by atoms with Gasteiger partial charge < -0.3 is 5.32 Å². The molecule has 1 nitrogen and oxygen atoms in total. The summed E-state index contributed by atoms with van der Waals surface area (Å²) < 4.78 is 0. The van der Waals surface area contributed by atoms with Gasteiger partial charge in [0, 0.05) is 16.6 Å². The van der Waals surface area contributed by atoms with Crippen molar-refractivity contribution in [3.63, 3.8) is 0 Å². The quantitative estimate of drug-likeness (QED) is 0.639. The molecule has 0 saturated heterocycles. The highest BCUT2D eigenvalue weighted by Gasteiger charge is 2.08. The summed E-state index contributed by atoms with van der Waals surface area (Å²) >= 11 is 1.92. The van der Waals surface area contributed by atoms with Crippen LogP contribution in [0, 0.1) is 0 Å². The molecule has 0 unspecified atom stereocenters. The first-order valence-corrected chi connectivity index (χ1v) is 7.78. The Balaban J connectivity index is 2.69. The van der Waals surface area contributed by atoms with Crippen LogP contribution in [0.1, 0.15) is 46.5 Å². The van der Waals surface area contributed by atoms with Gasteiger partial charge in [-0.15, -0.1) is 11.8 Å². The third kappa shape index (κ3) is 5.03. The van der Waals surface area contributed by atoms with Gasteiger partial charge in [0.15, 0.2) is 0 Å². The van der Waals surface area contributed by atoms with Gasteiger partial charge in [-0.2, -0.15) is 0 Å². The Morgan fingerprint density at radius 2 is 1.71 bits per heavy atom. The highest BCUT2D eigenvalue weighted by molar-refractivity contribution is 7.99. The molecule has 17 heavy (non-hydrogen) atoms. The maximum Gasteiger partial charge on any atom is 0.0480 e. The van der Waals surface area contributed by atoms with E-state index in [1.54, 1.807) is 0 Å². The number of para-hydroxylation sites is 1. The Kier molecular flexibility index (Phi) is 7.18. The van der Waals surface area contributed by atoms with Crippen molar-refractivity contribution in [3.8, 4) is 0 Å². The van der Waals surface area contributed by atoms with Gasteiger partial charge in [0.1, 0.15) is 0 Å². The molecule has 0 radical (unpaired) electrons. The second-order valence-electron chi connectivity index (χ2n) is 4.35. The van der Waals surface area contributed by atoms with Crippen LogP contribution in [-0.2, 0) is 0 Å². The van der Waals surface area contributed by atoms with E-state index in [4.69, 9.17) is 0 Å². The molecule has 2 heteroatoms. The van der Waals surface area contributed by atoms with Crippen LogP contribution < -0.4 is 5.32 Å². The van der Waals surface area contributed by atoms with Gasteiger partial charge in [0.25, 0.3) is 0 Å². The lowest BCUT2D eigenvalue weighted by Gasteiger charge is -2.20. The molecular formula is C15H25NS. The van der Waals surface area contributed by atoms with Gasteiger partial charge in [0.2, 0.25) is 0 Å². The van der Waals surface area contributed by atoms with Crippen LogP contribution in [0.3, 0.4) is 0 Å². The number of hydrogen-bond acceptors (Lipinski definition) is 2. The predicted octanol–water partition coefficient (Wildman–Crippen LogP) is 5.18. The number of hydrogen-bond donors (Lipinski definition) is 1. The predicted molar refractivity (Wildman–Crippen MR) is 80.1 cm³/mol. The minimum atomic E-state index is 0.628. The molecule has 1 N–H and O–H groups in total. The lowest BCUT2D eigenvalue weighted by atomic mass is 10.1. The molecule has 0 aliphatic heterocycles. The first kappa shape index (κ1) is 14.4. The van der Waals surface area contributed by atoms with Gasteiger partial charge in [-0.25, -0.2) is 0 Å². The monoisotopic (exact) mass is 251 g/mol. The van der Waals surface area contributed by atoms with E-state index in [1.807, 2.05) is 11.8 Å². The van der Waals surface area contributed by atoms with E-state index < -0.39 is 0 Å². The number of rotatable bonds is 8. The van der Waals surface area contributed by atoms with Crippen molar-refractivity contribution in [1.82, 2.24) is 0 Å². The maximum atomic E-state index is 3.71. The van der Waals surface area contributed by atoms with E-state index in [9.17, 15) is 0 Å². The molecule has 0 atom stereocenters. The Labute approximate surface area is 110 Å². The highest BCUT2D eigenvalue weighted by Crippen LogP contribution is 2.28. The van der Waals surface area contributed by atoms with Crippen molar-refractivity contribution in [2.75, 3.05) is 11.1 Å². The summed E-state index contributed by atoms with van der Waals surface area (Å²) in [6.45, 7) is 6.73. The SMILES string of the molecule is CCCC(CCC)Nc1ccccc1SCC. The summed E-state index contributed by atoms with van der Waals surface area (Å²) in [5.74, 6) is 1.13. The zero-order valence-corrected chi connectivity index (χ0v) is 12.1. The van der Waals surface area contributed by atoms with Crippen LogP contribution >= 0.6 is 11.8 Å². The summed E-state index contributed by atoms with van der Waals surface area (Å²) in [6, 6.07) is 9.29. The fourth-order valence-electron chi connectivity index (χ4n) is 2.07. The Morgan fingerprint density at radius 3 is 2.29 bits per heavy atom. The van der Waals surface area contributed by atoms with Crippen LogP contribution in [0.5, 0.6) is 0 Å². The lowest BCUT2D eigenvalue weighted by molar-refractivity contribution is 0.585. The van der Waals surface area contributed by atoms with Crippen LogP contribution in [0.25, 0.3) is 0 Å². The van der Waals surface area contributed by atoms with Crippen molar-refractivity contribution >= 4 is 17.4 Å². The van der Waals surface area contributed by atoms with E-state index >= 15 is 0 Å². The summed E-state index contributed by atoms with van der Waals surface area (Å²) in [5, 5.41) is 3.71. The first-order chi connectivity index (χ1) is 8.31. The van der Waals surface area contributed by atoms with E-state index in [0.29, 0.717) is 6.04 Å². The molecule has 0 bridgehead atoms. The number of anilines is 1. The Morgan fingerprint density at radius 1 is 1.06 bits per heavy atom. The van der Waals surface area contributed by atoms with Crippen LogP contribution in [0.4, 0.5) is 5.69 Å². The normalized spacial score (nSPS) is 10.8. The van der Waals surface area contributed by atoms with Gasteiger partial charge in [0.05, 0.1) is 0 Å². The van der Waals surface area contributed by atoms with E-state index in [-0.39, 0.29) is 0 Å². The van der Waals surface area contributed by atoms with Crippen molar-refractivity contribution < 1.29 is 0 Å². The lowest BCUT2D eigenvalue weighted by Crippen LogP contribution is -2.19. The van der Waals surface area contributed by atoms with Crippen LogP contribution in [-0.4, -0.2) is 11.8 Å². The molecule has 0 spiro atoms. The second-order valence-corrected chi connectivity index (χ2v) is 5.65. The number of nitrogens with one attached hydrogen (secondary N) is 1. The summed E-state index contributed by atoms with van der Waals surface area (Å²) in [6.07, 6.45) is 5.03. The molecular weight excluding hydrogens is 226 g/mol. The molecule has 1 rings (SSSR count). The average molecular weight is 251 g/mol. The maximum absolute atomic E-state index is 3.71. The standard InChI is InChI=1S/C15H25NS/c1-4-9-13(10-5-2)16-14-11-7-8-12-15(14)17-6-3/h7-8,11-13,16H,4-6,9-10H2,1-3H3. The van der Waals surface area contributed by atoms with E-state index in [0.717, 1.165) is 5.75 Å². The fraction of sp³-hybridized carbons (Fsp3) is 0.600. The summed E-state index contributed by atoms with van der Waals surface area (Å²) in [7, 11) is 0. The molecule has 0 heterocycles. The number of thioether (sulfide) groups is 1. The third-order valence-corrected chi connectivity index (χ3v) is 3.78. The van der Waals surface area contributed by atoms with E-state index in [2.05, 4.69) is 50.4 Å². The third-order valence-electron chi connectivity index (χ3n) is 2.82. The smallest absolute Gasteiger partial charge is 0.0480 e. The molecule has 1 aromatic carbocycles. The van der Waals surface area contributed by atoms with Crippen LogP contribution in [0.2, 0.25) is 0 Å². The molecule has 0 fully saturated rings. The van der Waals surface area contributed by atoms with E-state index in [1.165, 1.54) is 36.3 Å². The zero-order chi connectivity index (χ0) is 12.5. The van der Waals surface area contributed by atoms with Crippen molar-refractivity contribution in [3.05, 3.63) is 24.3 Å². The average Bonchev–Trinajstić information content (AvgIpc) is 2.33. The summed E-state index contributed by atoms with van der Waals surface area (Å²) in [4.78, 5) is 1.38. The minimum Gasteiger partial charge on any atom is -0.381 e. The number of benzene rings is 1. The molecule has 0 aliphatic rings. The topological polar surface area (TPSA) is 12.0 Å². The van der Waals surface area contributed by atoms with Crippen molar-refractivity contribution in [1.29, 1.82) is 0 Å². The largest absolute Gasteiger partial charge is 0.381 e. The second kappa shape index (κ2) is 8.46. The van der Waals surface area contributed by atoms with Crippen molar-refractivity contribution in [2.45, 2.75) is 57.4 Å². The molecule has 1 aromatic rings. The molecule has 0 amide bonds. The fourth-order valence-corrected chi connectivity index (χ4v) is 2.84. The molecule has 96 valence electrons. The van der Waals surface area contributed by atoms with Crippen LogP contribution in [0.15, 0.2) is 29.2 Å². The molecule has 0 saturated carbocycles. The zero-order valence-electron chi connectivity index (χ0n) is 11.3. The minimum absolute atomic E-state index is 0.628. The summed E-state index contributed by atoms with van der Waals surface area (Å²) in [5.41, 5.74) is 1.31. The molecule has 0 aromatic heterocycles. The first-order valence-electron chi connectivity index (χ1n) is 6.80. The highest BCUT2D eigenvalue weighted by atomic mass is 32.2. The Hall–Kier alpha value is -0.630. The van der Waals surface area contributed by atoms with Gasteiger partial charge in [-0.3, -0.25) is 0 Å². The Bertz CT molecular complexity index is 306. The van der Waals surface area contributed by atoms with Crippen molar-refractivity contribution in [2.24, 2.45) is 0 Å². The van der Waals surface area contributed by atoms with Gasteiger partial charge in [-0.1, -0.05) is 45.7 Å². The van der Waals surface area contributed by atoms with Gasteiger partial charge in [-0.05, 0) is 30.7 Å².